The summed E-state index contributed by atoms with van der Waals surface area (Å²) in [5.74, 6) is 0. The van der Waals surface area contributed by atoms with Gasteiger partial charge in [-0.15, -0.1) is 0 Å². The minimum absolute atomic E-state index is 1.04. The zero-order valence-corrected chi connectivity index (χ0v) is 13.9. The lowest BCUT2D eigenvalue weighted by atomic mass is 10.0. The van der Waals surface area contributed by atoms with Crippen molar-refractivity contribution in [1.82, 2.24) is 9.97 Å². The number of hydrogen-bond acceptors (Lipinski definition) is 2. The van der Waals surface area contributed by atoms with Crippen molar-refractivity contribution in [2.24, 2.45) is 0 Å². The van der Waals surface area contributed by atoms with E-state index in [9.17, 15) is 0 Å². The normalized spacial score (nSPS) is 13.9. The first-order chi connectivity index (χ1) is 12.3. The van der Waals surface area contributed by atoms with Crippen LogP contribution < -0.4 is 0 Å². The molecule has 2 aromatic heterocycles. The Bertz CT molecular complexity index is 1140. The zero-order valence-electron chi connectivity index (χ0n) is 13.9. The fourth-order valence-electron chi connectivity index (χ4n) is 3.54. The zero-order chi connectivity index (χ0) is 16.8. The van der Waals surface area contributed by atoms with E-state index in [1.165, 1.54) is 33.2 Å². The molecule has 2 heteroatoms. The van der Waals surface area contributed by atoms with E-state index >= 15 is 0 Å². The SMILES string of the molecule is Cc1ccc2c(c1)-c1nc3ccccc3cc1/C2=C\c1ccncc1. The lowest BCUT2D eigenvalue weighted by molar-refractivity contribution is 1.32. The molecule has 2 aromatic carbocycles. The van der Waals surface area contributed by atoms with E-state index in [-0.39, 0.29) is 0 Å². The van der Waals surface area contributed by atoms with E-state index in [1.54, 1.807) is 0 Å². The maximum Gasteiger partial charge on any atom is 0.0794 e. The molecule has 0 spiro atoms. The highest BCUT2D eigenvalue weighted by atomic mass is 14.7. The molecule has 4 aromatic rings. The smallest absolute Gasteiger partial charge is 0.0794 e. The number of nitrogens with zero attached hydrogens (tertiary/aromatic N) is 2. The Morgan fingerprint density at radius 2 is 1.64 bits per heavy atom. The van der Waals surface area contributed by atoms with E-state index in [0.717, 1.165) is 16.8 Å². The van der Waals surface area contributed by atoms with E-state index in [1.807, 2.05) is 30.6 Å². The maximum atomic E-state index is 4.98. The summed E-state index contributed by atoms with van der Waals surface area (Å²) in [6.45, 7) is 2.13. The number of aryl methyl sites for hydroxylation is 1. The first-order valence-corrected chi connectivity index (χ1v) is 8.43. The fourth-order valence-corrected chi connectivity index (χ4v) is 3.54. The predicted octanol–water partition coefficient (Wildman–Crippen LogP) is 5.51. The number of rotatable bonds is 1. The van der Waals surface area contributed by atoms with Crippen molar-refractivity contribution >= 4 is 22.6 Å². The van der Waals surface area contributed by atoms with Gasteiger partial charge in [0.25, 0.3) is 0 Å². The second-order valence-corrected chi connectivity index (χ2v) is 6.46. The van der Waals surface area contributed by atoms with Gasteiger partial charge in [-0.25, -0.2) is 4.98 Å². The highest BCUT2D eigenvalue weighted by Gasteiger charge is 2.25. The van der Waals surface area contributed by atoms with Crippen LogP contribution in [0.4, 0.5) is 0 Å². The molecule has 0 saturated heterocycles. The number of para-hydroxylation sites is 1. The number of benzene rings is 2. The Morgan fingerprint density at radius 3 is 2.52 bits per heavy atom. The van der Waals surface area contributed by atoms with Gasteiger partial charge in [0.2, 0.25) is 0 Å². The molecule has 0 unspecified atom stereocenters. The molecule has 0 amide bonds. The third kappa shape index (κ3) is 2.26. The summed E-state index contributed by atoms with van der Waals surface area (Å²) >= 11 is 0. The van der Waals surface area contributed by atoms with Crippen LogP contribution in [-0.2, 0) is 0 Å². The van der Waals surface area contributed by atoms with Crippen LogP contribution in [0, 0.1) is 6.92 Å². The van der Waals surface area contributed by atoms with Gasteiger partial charge in [-0.3, -0.25) is 4.98 Å². The monoisotopic (exact) mass is 320 g/mol. The third-order valence-corrected chi connectivity index (χ3v) is 4.75. The average molecular weight is 320 g/mol. The summed E-state index contributed by atoms with van der Waals surface area (Å²) in [6, 6.07) is 21.3. The molecule has 0 saturated carbocycles. The summed E-state index contributed by atoms with van der Waals surface area (Å²) < 4.78 is 0. The number of aromatic nitrogens is 2. The molecule has 25 heavy (non-hydrogen) atoms. The van der Waals surface area contributed by atoms with Crippen molar-refractivity contribution in [2.75, 3.05) is 0 Å². The van der Waals surface area contributed by atoms with E-state index in [2.05, 4.69) is 60.4 Å². The van der Waals surface area contributed by atoms with E-state index in [0.29, 0.717) is 0 Å². The summed E-state index contributed by atoms with van der Waals surface area (Å²) in [7, 11) is 0. The predicted molar refractivity (Wildman–Crippen MR) is 103 cm³/mol. The minimum Gasteiger partial charge on any atom is -0.265 e. The van der Waals surface area contributed by atoms with E-state index < -0.39 is 0 Å². The van der Waals surface area contributed by atoms with Crippen LogP contribution in [0.1, 0.15) is 22.3 Å². The van der Waals surface area contributed by atoms with Crippen molar-refractivity contribution < 1.29 is 0 Å². The largest absolute Gasteiger partial charge is 0.265 e. The molecule has 0 atom stereocenters. The van der Waals surface area contributed by atoms with Gasteiger partial charge in [-0.1, -0.05) is 35.9 Å². The van der Waals surface area contributed by atoms with Crippen LogP contribution in [-0.4, -0.2) is 9.97 Å². The summed E-state index contributed by atoms with van der Waals surface area (Å²) in [4.78, 5) is 9.10. The van der Waals surface area contributed by atoms with Crippen LogP contribution in [0.5, 0.6) is 0 Å². The number of hydrogen-bond donors (Lipinski definition) is 0. The Labute approximate surface area is 146 Å². The molecule has 0 aliphatic heterocycles. The minimum atomic E-state index is 1.04. The molecule has 5 rings (SSSR count). The average Bonchev–Trinajstić information content (AvgIpc) is 2.93. The molecule has 2 nitrogen and oxygen atoms in total. The maximum absolute atomic E-state index is 4.98. The second-order valence-electron chi connectivity index (χ2n) is 6.46. The molecule has 2 heterocycles. The molecular formula is C23H16N2. The Balaban J connectivity index is 1.84. The molecule has 118 valence electrons. The van der Waals surface area contributed by atoms with Crippen molar-refractivity contribution in [3.63, 3.8) is 0 Å². The van der Waals surface area contributed by atoms with Crippen LogP contribution >= 0.6 is 0 Å². The van der Waals surface area contributed by atoms with Gasteiger partial charge in [0.15, 0.2) is 0 Å². The molecular weight excluding hydrogens is 304 g/mol. The summed E-state index contributed by atoms with van der Waals surface area (Å²) in [5.41, 5.74) is 9.44. The van der Waals surface area contributed by atoms with Crippen molar-refractivity contribution in [1.29, 1.82) is 0 Å². The van der Waals surface area contributed by atoms with Gasteiger partial charge in [0.05, 0.1) is 11.2 Å². The Kier molecular flexibility index (Phi) is 3.04. The van der Waals surface area contributed by atoms with Gasteiger partial charge in [-0.2, -0.15) is 0 Å². The van der Waals surface area contributed by atoms with Crippen molar-refractivity contribution in [3.05, 3.63) is 95.3 Å². The van der Waals surface area contributed by atoms with Gasteiger partial charge < -0.3 is 0 Å². The van der Waals surface area contributed by atoms with Gasteiger partial charge >= 0.3 is 0 Å². The highest BCUT2D eigenvalue weighted by Crippen LogP contribution is 2.45. The molecule has 1 aliphatic rings. The topological polar surface area (TPSA) is 25.8 Å². The first-order valence-electron chi connectivity index (χ1n) is 8.43. The van der Waals surface area contributed by atoms with Gasteiger partial charge in [0, 0.05) is 28.9 Å². The van der Waals surface area contributed by atoms with Gasteiger partial charge in [0.1, 0.15) is 0 Å². The highest BCUT2D eigenvalue weighted by molar-refractivity contribution is 6.07. The number of fused-ring (bicyclic) bond motifs is 4. The third-order valence-electron chi connectivity index (χ3n) is 4.75. The molecule has 1 aliphatic carbocycles. The van der Waals surface area contributed by atoms with Crippen molar-refractivity contribution in [3.8, 4) is 11.3 Å². The molecule has 0 bridgehead atoms. The molecule has 0 fully saturated rings. The lowest BCUT2D eigenvalue weighted by Gasteiger charge is -2.05. The summed E-state index contributed by atoms with van der Waals surface area (Å²) in [6.07, 6.45) is 5.89. The van der Waals surface area contributed by atoms with E-state index in [4.69, 9.17) is 4.98 Å². The summed E-state index contributed by atoms with van der Waals surface area (Å²) in [5, 5.41) is 1.17. The molecule has 0 radical (unpaired) electrons. The van der Waals surface area contributed by atoms with Crippen LogP contribution in [0.15, 0.2) is 73.1 Å². The second kappa shape index (κ2) is 5.38. The van der Waals surface area contributed by atoms with Crippen LogP contribution in [0.2, 0.25) is 0 Å². The number of pyridine rings is 2. The lowest BCUT2D eigenvalue weighted by Crippen LogP contribution is -1.87. The fraction of sp³-hybridized carbons (Fsp3) is 0.0435. The van der Waals surface area contributed by atoms with Crippen LogP contribution in [0.3, 0.4) is 0 Å². The quantitative estimate of drug-likeness (QED) is 0.407. The Hall–Kier alpha value is -3.26. The van der Waals surface area contributed by atoms with Crippen molar-refractivity contribution in [2.45, 2.75) is 6.92 Å². The van der Waals surface area contributed by atoms with Crippen LogP contribution in [0.25, 0.3) is 33.8 Å². The van der Waals surface area contributed by atoms with Gasteiger partial charge in [-0.05, 0) is 60.0 Å². The standard InChI is InChI=1S/C23H16N2/c1-15-6-7-18-19(13-16-8-10-24-11-9-16)21-14-17-4-2-3-5-22(17)25-23(21)20(18)12-15/h2-14H,1H3/b19-13-. The Morgan fingerprint density at radius 1 is 0.800 bits per heavy atom. The first kappa shape index (κ1) is 14.1. The molecule has 0 N–H and O–H groups in total.